The van der Waals surface area contributed by atoms with E-state index in [2.05, 4.69) is 5.32 Å². The van der Waals surface area contributed by atoms with E-state index in [-0.39, 0.29) is 17.5 Å². The van der Waals surface area contributed by atoms with Gasteiger partial charge in [0.2, 0.25) is 5.56 Å². The Labute approximate surface area is 118 Å². The number of carbonyl (C=O) groups excluding carboxylic acids is 1. The molecule has 4 heteroatoms. The summed E-state index contributed by atoms with van der Waals surface area (Å²) < 4.78 is 1.40. The molecular formula is C16H18N2O2. The minimum Gasteiger partial charge on any atom is -0.345 e. The van der Waals surface area contributed by atoms with Crippen molar-refractivity contribution in [3.63, 3.8) is 0 Å². The molecular weight excluding hydrogens is 252 g/mol. The molecule has 1 amide bonds. The van der Waals surface area contributed by atoms with Gasteiger partial charge < -0.3 is 9.88 Å². The highest BCUT2D eigenvalue weighted by molar-refractivity contribution is 5.94. The average molecular weight is 270 g/mol. The van der Waals surface area contributed by atoms with Gasteiger partial charge in [-0.05, 0) is 31.0 Å². The molecule has 0 aliphatic heterocycles. The van der Waals surface area contributed by atoms with Gasteiger partial charge in [0.05, 0.1) is 11.6 Å². The monoisotopic (exact) mass is 270 g/mol. The second-order valence-electron chi connectivity index (χ2n) is 4.92. The number of nitrogens with one attached hydrogen (secondary N) is 1. The molecule has 0 unspecified atom stereocenters. The summed E-state index contributed by atoms with van der Waals surface area (Å²) in [6.45, 7) is 3.96. The van der Waals surface area contributed by atoms with E-state index in [1.165, 1.54) is 10.6 Å². The Morgan fingerprint density at radius 2 is 1.90 bits per heavy atom. The fourth-order valence-corrected chi connectivity index (χ4v) is 2.16. The molecule has 0 saturated carbocycles. The predicted octanol–water partition coefficient (Wildman–Crippen LogP) is 2.18. The van der Waals surface area contributed by atoms with E-state index in [1.807, 2.05) is 38.1 Å². The molecule has 0 radical (unpaired) electrons. The number of benzene rings is 1. The smallest absolute Gasteiger partial charge is 0.253 e. The van der Waals surface area contributed by atoms with E-state index < -0.39 is 0 Å². The van der Waals surface area contributed by atoms with Crippen molar-refractivity contribution in [2.24, 2.45) is 7.05 Å². The first-order valence-electron chi connectivity index (χ1n) is 6.52. The maximum absolute atomic E-state index is 12.2. The number of aromatic nitrogens is 1. The van der Waals surface area contributed by atoms with Crippen molar-refractivity contribution >= 4 is 5.91 Å². The lowest BCUT2D eigenvalue weighted by Crippen LogP contribution is -2.28. The minimum absolute atomic E-state index is 0.0825. The molecule has 104 valence electrons. The van der Waals surface area contributed by atoms with Gasteiger partial charge in [-0.3, -0.25) is 9.59 Å². The van der Waals surface area contributed by atoms with Crippen LogP contribution >= 0.6 is 0 Å². The molecule has 4 nitrogen and oxygen atoms in total. The topological polar surface area (TPSA) is 51.1 Å². The van der Waals surface area contributed by atoms with Crippen LogP contribution in [0.4, 0.5) is 0 Å². The number of pyridine rings is 1. The number of rotatable bonds is 3. The molecule has 1 atom stereocenters. The van der Waals surface area contributed by atoms with Crippen molar-refractivity contribution in [2.75, 3.05) is 0 Å². The highest BCUT2D eigenvalue weighted by atomic mass is 16.2. The Morgan fingerprint density at radius 1 is 1.20 bits per heavy atom. The SMILES string of the molecule is Cc1ccccc1[C@H](C)NC(=O)c1ccc(=O)n(C)c1. The van der Waals surface area contributed by atoms with Crippen LogP contribution < -0.4 is 10.9 Å². The van der Waals surface area contributed by atoms with E-state index in [9.17, 15) is 9.59 Å². The summed E-state index contributed by atoms with van der Waals surface area (Å²) in [5, 5.41) is 2.95. The van der Waals surface area contributed by atoms with E-state index in [0.29, 0.717) is 5.56 Å². The number of hydrogen-bond acceptors (Lipinski definition) is 2. The highest BCUT2D eigenvalue weighted by Gasteiger charge is 2.13. The van der Waals surface area contributed by atoms with E-state index >= 15 is 0 Å². The van der Waals surface area contributed by atoms with Gasteiger partial charge in [-0.25, -0.2) is 0 Å². The third-order valence-electron chi connectivity index (χ3n) is 3.35. The van der Waals surface area contributed by atoms with Crippen molar-refractivity contribution in [1.82, 2.24) is 9.88 Å². The molecule has 1 aromatic carbocycles. The zero-order valence-electron chi connectivity index (χ0n) is 11.9. The number of amides is 1. The summed E-state index contributed by atoms with van der Waals surface area (Å²) >= 11 is 0. The molecule has 0 spiro atoms. The lowest BCUT2D eigenvalue weighted by Gasteiger charge is -2.16. The highest BCUT2D eigenvalue weighted by Crippen LogP contribution is 2.17. The normalized spacial score (nSPS) is 11.9. The Kier molecular flexibility index (Phi) is 4.03. The van der Waals surface area contributed by atoms with Crippen LogP contribution in [-0.2, 0) is 7.05 Å². The quantitative estimate of drug-likeness (QED) is 0.929. The predicted molar refractivity (Wildman–Crippen MR) is 78.7 cm³/mol. The summed E-state index contributed by atoms with van der Waals surface area (Å²) in [7, 11) is 1.63. The fraction of sp³-hybridized carbons (Fsp3) is 0.250. The largest absolute Gasteiger partial charge is 0.345 e. The van der Waals surface area contributed by atoms with E-state index in [0.717, 1.165) is 11.1 Å². The Hall–Kier alpha value is -2.36. The average Bonchev–Trinajstić information content (AvgIpc) is 2.42. The first-order valence-corrected chi connectivity index (χ1v) is 6.52. The lowest BCUT2D eigenvalue weighted by atomic mass is 10.0. The van der Waals surface area contributed by atoms with Crippen molar-refractivity contribution in [3.8, 4) is 0 Å². The molecule has 1 aromatic heterocycles. The third kappa shape index (κ3) is 2.96. The second-order valence-corrected chi connectivity index (χ2v) is 4.92. The molecule has 0 saturated heterocycles. The Balaban J connectivity index is 2.17. The second kappa shape index (κ2) is 5.74. The molecule has 2 aromatic rings. The van der Waals surface area contributed by atoms with Gasteiger partial charge in [-0.2, -0.15) is 0 Å². The molecule has 20 heavy (non-hydrogen) atoms. The first kappa shape index (κ1) is 14.1. The number of nitrogens with zero attached hydrogens (tertiary/aromatic N) is 1. The van der Waals surface area contributed by atoms with Crippen LogP contribution in [0.1, 0.15) is 34.5 Å². The van der Waals surface area contributed by atoms with Gasteiger partial charge in [0.25, 0.3) is 5.91 Å². The van der Waals surface area contributed by atoms with Crippen LogP contribution in [0.5, 0.6) is 0 Å². The van der Waals surface area contributed by atoms with Crippen LogP contribution in [0.15, 0.2) is 47.4 Å². The summed E-state index contributed by atoms with van der Waals surface area (Å²) in [5.74, 6) is -0.184. The molecule has 2 rings (SSSR count). The standard InChI is InChI=1S/C16H18N2O2/c1-11-6-4-5-7-14(11)12(2)17-16(20)13-8-9-15(19)18(3)10-13/h4-10,12H,1-3H3,(H,17,20)/t12-/m0/s1. The van der Waals surface area contributed by atoms with Gasteiger partial charge in [0.15, 0.2) is 0 Å². The maximum Gasteiger partial charge on any atom is 0.253 e. The summed E-state index contributed by atoms with van der Waals surface area (Å²) in [6, 6.07) is 10.8. The van der Waals surface area contributed by atoms with Crippen molar-refractivity contribution in [1.29, 1.82) is 0 Å². The van der Waals surface area contributed by atoms with Gasteiger partial charge >= 0.3 is 0 Å². The number of carbonyl (C=O) groups is 1. The number of hydrogen-bond donors (Lipinski definition) is 1. The summed E-state index contributed by atoms with van der Waals surface area (Å²) in [6.07, 6.45) is 1.54. The molecule has 0 aliphatic carbocycles. The summed E-state index contributed by atoms with van der Waals surface area (Å²) in [5.41, 5.74) is 2.58. The van der Waals surface area contributed by atoms with Gasteiger partial charge in [-0.15, -0.1) is 0 Å². The molecule has 0 fully saturated rings. The number of aryl methyl sites for hydroxylation is 2. The van der Waals surface area contributed by atoms with Crippen molar-refractivity contribution < 1.29 is 4.79 Å². The summed E-state index contributed by atoms with van der Waals surface area (Å²) in [4.78, 5) is 23.5. The Bertz CT molecular complexity index is 689. The van der Waals surface area contributed by atoms with Crippen LogP contribution in [0, 0.1) is 6.92 Å². The van der Waals surface area contributed by atoms with Crippen LogP contribution in [0.3, 0.4) is 0 Å². The zero-order chi connectivity index (χ0) is 14.7. The Morgan fingerprint density at radius 3 is 2.55 bits per heavy atom. The maximum atomic E-state index is 12.2. The molecule has 0 bridgehead atoms. The molecule has 0 aliphatic rings. The van der Waals surface area contributed by atoms with Crippen molar-refractivity contribution in [2.45, 2.75) is 19.9 Å². The van der Waals surface area contributed by atoms with E-state index in [4.69, 9.17) is 0 Å². The third-order valence-corrected chi connectivity index (χ3v) is 3.35. The zero-order valence-corrected chi connectivity index (χ0v) is 11.9. The first-order chi connectivity index (χ1) is 9.49. The lowest BCUT2D eigenvalue weighted by molar-refractivity contribution is 0.0939. The van der Waals surface area contributed by atoms with Crippen LogP contribution in [0.2, 0.25) is 0 Å². The van der Waals surface area contributed by atoms with Crippen LogP contribution in [-0.4, -0.2) is 10.5 Å². The van der Waals surface area contributed by atoms with Gasteiger partial charge in [0, 0.05) is 19.3 Å². The van der Waals surface area contributed by atoms with Crippen LogP contribution in [0.25, 0.3) is 0 Å². The van der Waals surface area contributed by atoms with E-state index in [1.54, 1.807) is 19.3 Å². The minimum atomic E-state index is -0.184. The van der Waals surface area contributed by atoms with Gasteiger partial charge in [-0.1, -0.05) is 24.3 Å². The fourth-order valence-electron chi connectivity index (χ4n) is 2.16. The molecule has 1 N–H and O–H groups in total. The van der Waals surface area contributed by atoms with Crippen molar-refractivity contribution in [3.05, 3.63) is 69.6 Å². The molecule has 1 heterocycles. The van der Waals surface area contributed by atoms with Gasteiger partial charge in [0.1, 0.15) is 0 Å².